The van der Waals surface area contributed by atoms with Gasteiger partial charge in [-0.1, -0.05) is 25.4 Å². The number of esters is 1. The molecule has 0 fully saturated rings. The normalized spacial score (nSPS) is 12.3. The maximum Gasteiger partial charge on any atom is 0.342 e. The Hall–Kier alpha value is -1.42. The molecule has 0 saturated carbocycles. The van der Waals surface area contributed by atoms with E-state index in [1.807, 2.05) is 6.92 Å². The van der Waals surface area contributed by atoms with E-state index < -0.39 is 5.97 Å². The van der Waals surface area contributed by atoms with Crippen LogP contribution < -0.4 is 10.5 Å². The van der Waals surface area contributed by atoms with Gasteiger partial charge in [0.25, 0.3) is 0 Å². The third-order valence-electron chi connectivity index (χ3n) is 2.65. The van der Waals surface area contributed by atoms with Crippen LogP contribution in [0, 0.1) is 5.92 Å². The van der Waals surface area contributed by atoms with Crippen LogP contribution in [0.1, 0.15) is 37.6 Å². The minimum absolute atomic E-state index is 0.159. The highest BCUT2D eigenvalue weighted by Crippen LogP contribution is 2.29. The summed E-state index contributed by atoms with van der Waals surface area (Å²) in [6.45, 7) is 6.01. The van der Waals surface area contributed by atoms with Gasteiger partial charge in [-0.05, 0) is 25.3 Å². The molecule has 4 nitrogen and oxygen atoms in total. The second kappa shape index (κ2) is 6.66. The number of carbonyl (C=O) groups is 1. The monoisotopic (exact) mass is 285 g/mol. The fraction of sp³-hybridized carbons (Fsp3) is 0.500. The van der Waals surface area contributed by atoms with Gasteiger partial charge in [-0.25, -0.2) is 4.79 Å². The molecule has 0 heterocycles. The van der Waals surface area contributed by atoms with Gasteiger partial charge in [0, 0.05) is 6.07 Å². The summed E-state index contributed by atoms with van der Waals surface area (Å²) >= 11 is 5.92. The molecule has 1 aromatic rings. The van der Waals surface area contributed by atoms with Crippen molar-refractivity contribution >= 4 is 23.3 Å². The van der Waals surface area contributed by atoms with E-state index in [0.29, 0.717) is 22.4 Å². The maximum absolute atomic E-state index is 12.1. The van der Waals surface area contributed by atoms with Gasteiger partial charge in [0.15, 0.2) is 0 Å². The Balaban J connectivity index is 2.90. The van der Waals surface area contributed by atoms with Gasteiger partial charge in [0.1, 0.15) is 11.3 Å². The van der Waals surface area contributed by atoms with Crippen molar-refractivity contribution in [2.45, 2.75) is 33.3 Å². The lowest BCUT2D eigenvalue weighted by molar-refractivity contribution is 0.0296. The zero-order chi connectivity index (χ0) is 14.6. The molecule has 0 bridgehead atoms. The third kappa shape index (κ3) is 4.31. The Morgan fingerprint density at radius 2 is 2.00 bits per heavy atom. The number of benzene rings is 1. The summed E-state index contributed by atoms with van der Waals surface area (Å²) in [7, 11) is 1.47. The van der Waals surface area contributed by atoms with Crippen LogP contribution in [0.3, 0.4) is 0 Å². The van der Waals surface area contributed by atoms with E-state index in [4.69, 9.17) is 26.8 Å². The van der Waals surface area contributed by atoms with Gasteiger partial charge in [0.05, 0.1) is 23.9 Å². The van der Waals surface area contributed by atoms with E-state index in [2.05, 4.69) is 13.8 Å². The summed E-state index contributed by atoms with van der Waals surface area (Å²) in [6.07, 6.45) is 0.644. The third-order valence-corrected chi connectivity index (χ3v) is 2.98. The molecule has 0 aliphatic rings. The van der Waals surface area contributed by atoms with Crippen LogP contribution >= 0.6 is 11.6 Å². The molecule has 5 heteroatoms. The van der Waals surface area contributed by atoms with Crippen LogP contribution in [0.15, 0.2) is 12.1 Å². The van der Waals surface area contributed by atoms with Gasteiger partial charge >= 0.3 is 5.97 Å². The van der Waals surface area contributed by atoms with Crippen LogP contribution in [0.2, 0.25) is 5.02 Å². The maximum atomic E-state index is 12.1. The Kier molecular flexibility index (Phi) is 5.48. The van der Waals surface area contributed by atoms with Crippen LogP contribution in [-0.4, -0.2) is 19.2 Å². The van der Waals surface area contributed by atoms with E-state index in [9.17, 15) is 4.79 Å². The molecule has 106 valence electrons. The molecule has 0 spiro atoms. The molecular weight excluding hydrogens is 266 g/mol. The number of halogens is 1. The van der Waals surface area contributed by atoms with Crippen molar-refractivity contribution < 1.29 is 14.3 Å². The van der Waals surface area contributed by atoms with Crippen LogP contribution in [-0.2, 0) is 4.74 Å². The van der Waals surface area contributed by atoms with Crippen molar-refractivity contribution in [3.8, 4) is 5.75 Å². The number of hydrogen-bond acceptors (Lipinski definition) is 4. The largest absolute Gasteiger partial charge is 0.496 e. The van der Waals surface area contributed by atoms with Crippen LogP contribution in [0.5, 0.6) is 5.75 Å². The van der Waals surface area contributed by atoms with E-state index in [1.165, 1.54) is 19.2 Å². The predicted octanol–water partition coefficient (Wildman–Crippen LogP) is 3.52. The minimum Gasteiger partial charge on any atom is -0.496 e. The highest BCUT2D eigenvalue weighted by Gasteiger charge is 2.19. The first-order valence-corrected chi connectivity index (χ1v) is 6.57. The molecule has 0 aromatic heterocycles. The average Bonchev–Trinajstić information content (AvgIpc) is 2.30. The first-order chi connectivity index (χ1) is 8.85. The number of hydrogen-bond donors (Lipinski definition) is 1. The molecule has 1 unspecified atom stereocenters. The summed E-state index contributed by atoms with van der Waals surface area (Å²) < 4.78 is 10.5. The molecule has 1 aromatic carbocycles. The van der Waals surface area contributed by atoms with Gasteiger partial charge in [-0.15, -0.1) is 0 Å². The number of ether oxygens (including phenoxy) is 2. The van der Waals surface area contributed by atoms with E-state index in [-0.39, 0.29) is 11.7 Å². The molecule has 0 saturated heterocycles. The van der Waals surface area contributed by atoms with Gasteiger partial charge in [-0.3, -0.25) is 0 Å². The number of nitrogens with two attached hydrogens (primary N) is 1. The molecule has 0 aliphatic heterocycles. The van der Waals surface area contributed by atoms with Gasteiger partial charge < -0.3 is 15.2 Å². The Morgan fingerprint density at radius 1 is 1.37 bits per heavy atom. The fourth-order valence-corrected chi connectivity index (χ4v) is 2.02. The summed E-state index contributed by atoms with van der Waals surface area (Å²) in [5.74, 6) is 0.371. The lowest BCUT2D eigenvalue weighted by atomic mass is 10.1. The lowest BCUT2D eigenvalue weighted by Crippen LogP contribution is -2.17. The molecule has 0 amide bonds. The Labute approximate surface area is 118 Å². The van der Waals surface area contributed by atoms with Crippen molar-refractivity contribution in [3.05, 3.63) is 22.7 Å². The van der Waals surface area contributed by atoms with Crippen molar-refractivity contribution in [2.24, 2.45) is 5.92 Å². The molecule has 1 rings (SSSR count). The standard InChI is InChI=1S/C14H20ClNO3/c1-8(2)5-9(3)19-14(17)10-6-11(15)12(16)7-13(10)18-4/h6-9H,5,16H2,1-4H3. The van der Waals surface area contributed by atoms with Crippen LogP contribution in [0.4, 0.5) is 5.69 Å². The Morgan fingerprint density at radius 3 is 2.53 bits per heavy atom. The number of anilines is 1. The summed E-state index contributed by atoms with van der Waals surface area (Å²) in [5.41, 5.74) is 6.32. The fourth-order valence-electron chi connectivity index (χ4n) is 1.86. The highest BCUT2D eigenvalue weighted by atomic mass is 35.5. The SMILES string of the molecule is COc1cc(N)c(Cl)cc1C(=O)OC(C)CC(C)C. The van der Waals surface area contributed by atoms with E-state index in [0.717, 1.165) is 6.42 Å². The molecule has 2 N–H and O–H groups in total. The highest BCUT2D eigenvalue weighted by molar-refractivity contribution is 6.33. The van der Waals surface area contributed by atoms with E-state index >= 15 is 0 Å². The minimum atomic E-state index is -0.452. The van der Waals surface area contributed by atoms with Crippen molar-refractivity contribution in [3.63, 3.8) is 0 Å². The van der Waals surface area contributed by atoms with Crippen LogP contribution in [0.25, 0.3) is 0 Å². The first kappa shape index (κ1) is 15.6. The average molecular weight is 286 g/mol. The topological polar surface area (TPSA) is 61.5 Å². The summed E-state index contributed by atoms with van der Waals surface area (Å²) in [5, 5.41) is 0.310. The number of methoxy groups -OCH3 is 1. The smallest absolute Gasteiger partial charge is 0.342 e. The van der Waals surface area contributed by atoms with Crippen molar-refractivity contribution in [1.82, 2.24) is 0 Å². The molecule has 0 radical (unpaired) electrons. The van der Waals surface area contributed by atoms with Crippen molar-refractivity contribution in [1.29, 1.82) is 0 Å². The van der Waals surface area contributed by atoms with E-state index in [1.54, 1.807) is 0 Å². The first-order valence-electron chi connectivity index (χ1n) is 6.19. The summed E-state index contributed by atoms with van der Waals surface area (Å²) in [6, 6.07) is 2.99. The second-order valence-electron chi connectivity index (χ2n) is 4.92. The second-order valence-corrected chi connectivity index (χ2v) is 5.33. The number of rotatable bonds is 5. The lowest BCUT2D eigenvalue weighted by Gasteiger charge is -2.16. The molecule has 19 heavy (non-hydrogen) atoms. The zero-order valence-corrected chi connectivity index (χ0v) is 12.5. The van der Waals surface area contributed by atoms with Crippen molar-refractivity contribution in [2.75, 3.05) is 12.8 Å². The van der Waals surface area contributed by atoms with Gasteiger partial charge in [0.2, 0.25) is 0 Å². The summed E-state index contributed by atoms with van der Waals surface area (Å²) in [4.78, 5) is 12.1. The zero-order valence-electron chi connectivity index (χ0n) is 11.7. The predicted molar refractivity (Wildman–Crippen MR) is 76.7 cm³/mol. The van der Waals surface area contributed by atoms with Gasteiger partial charge in [-0.2, -0.15) is 0 Å². The molecular formula is C14H20ClNO3. The molecule has 0 aliphatic carbocycles. The number of nitrogen functional groups attached to an aromatic ring is 1. The quantitative estimate of drug-likeness (QED) is 0.664. The Bertz CT molecular complexity index is 460. The molecule has 1 atom stereocenters. The number of carbonyl (C=O) groups excluding carboxylic acids is 1.